The van der Waals surface area contributed by atoms with Gasteiger partial charge < -0.3 is 5.11 Å². The van der Waals surface area contributed by atoms with E-state index in [0.717, 1.165) is 37.2 Å². The van der Waals surface area contributed by atoms with Crippen LogP contribution in [0.4, 0.5) is 0 Å². The van der Waals surface area contributed by atoms with Crippen molar-refractivity contribution < 1.29 is 5.11 Å². The minimum atomic E-state index is 0.284. The lowest BCUT2D eigenvalue weighted by molar-refractivity contribution is 0.229. The summed E-state index contributed by atoms with van der Waals surface area (Å²) in [7, 11) is 1.97. The van der Waals surface area contributed by atoms with Crippen LogP contribution in [0.1, 0.15) is 31.2 Å². The number of aryl methyl sites for hydroxylation is 1. The molecule has 0 aliphatic heterocycles. The van der Waals surface area contributed by atoms with Crippen molar-refractivity contribution in [3.63, 3.8) is 0 Å². The zero-order valence-corrected chi connectivity index (χ0v) is 13.1. The molecule has 118 valence electrons. The van der Waals surface area contributed by atoms with Crippen molar-refractivity contribution in [2.24, 2.45) is 7.05 Å². The van der Waals surface area contributed by atoms with Crippen molar-refractivity contribution in [1.82, 2.24) is 19.7 Å². The summed E-state index contributed by atoms with van der Waals surface area (Å²) in [6, 6.07) is 4.72. The Labute approximate surface area is 131 Å². The van der Waals surface area contributed by atoms with E-state index >= 15 is 0 Å². The molecule has 0 amide bonds. The quantitative estimate of drug-likeness (QED) is 0.760. The normalized spacial score (nSPS) is 14.7. The van der Waals surface area contributed by atoms with Gasteiger partial charge in [-0.2, -0.15) is 5.10 Å². The molecular weight excluding hydrogens is 276 g/mol. The summed E-state index contributed by atoms with van der Waals surface area (Å²) in [4.78, 5) is 6.74. The predicted octanol–water partition coefficient (Wildman–Crippen LogP) is 2.22. The SMILES string of the molecule is Cn1cc(CN(CCCCO)C2CC2)c(-c2cccnc2)n1. The van der Waals surface area contributed by atoms with Gasteiger partial charge in [-0.15, -0.1) is 0 Å². The molecule has 1 aliphatic rings. The van der Waals surface area contributed by atoms with Gasteiger partial charge in [0.25, 0.3) is 0 Å². The van der Waals surface area contributed by atoms with E-state index in [9.17, 15) is 0 Å². The number of rotatable bonds is 8. The molecule has 1 fully saturated rings. The van der Waals surface area contributed by atoms with E-state index < -0.39 is 0 Å². The van der Waals surface area contributed by atoms with E-state index in [-0.39, 0.29) is 6.61 Å². The van der Waals surface area contributed by atoms with Crippen molar-refractivity contribution >= 4 is 0 Å². The van der Waals surface area contributed by atoms with Crippen LogP contribution in [0.3, 0.4) is 0 Å². The Bertz CT molecular complexity index is 592. The van der Waals surface area contributed by atoms with Gasteiger partial charge in [0.1, 0.15) is 0 Å². The molecular formula is C17H24N4O. The number of aliphatic hydroxyl groups excluding tert-OH is 1. The molecule has 0 bridgehead atoms. The number of hydrogen-bond acceptors (Lipinski definition) is 4. The van der Waals surface area contributed by atoms with Crippen LogP contribution in [-0.2, 0) is 13.6 Å². The molecule has 0 spiro atoms. The number of unbranched alkanes of at least 4 members (excludes halogenated alkanes) is 1. The number of hydrogen-bond donors (Lipinski definition) is 1. The molecule has 2 aromatic rings. The first-order valence-electron chi connectivity index (χ1n) is 8.06. The highest BCUT2D eigenvalue weighted by Gasteiger charge is 2.29. The van der Waals surface area contributed by atoms with Crippen LogP contribution in [0, 0.1) is 0 Å². The maximum atomic E-state index is 8.98. The summed E-state index contributed by atoms with van der Waals surface area (Å²) >= 11 is 0. The zero-order chi connectivity index (χ0) is 15.4. The van der Waals surface area contributed by atoms with Crippen LogP contribution in [0.25, 0.3) is 11.3 Å². The second kappa shape index (κ2) is 7.03. The molecule has 0 aromatic carbocycles. The number of pyridine rings is 1. The highest BCUT2D eigenvalue weighted by Crippen LogP contribution is 2.30. The van der Waals surface area contributed by atoms with E-state index in [1.165, 1.54) is 18.4 Å². The smallest absolute Gasteiger partial charge is 0.0983 e. The van der Waals surface area contributed by atoms with Gasteiger partial charge in [0.15, 0.2) is 0 Å². The first-order valence-corrected chi connectivity index (χ1v) is 8.06. The number of aliphatic hydroxyl groups is 1. The maximum Gasteiger partial charge on any atom is 0.0983 e. The molecule has 1 N–H and O–H groups in total. The minimum Gasteiger partial charge on any atom is -0.396 e. The molecule has 5 heteroatoms. The average molecular weight is 300 g/mol. The molecule has 2 heterocycles. The summed E-state index contributed by atoms with van der Waals surface area (Å²) in [5.41, 5.74) is 3.36. The fourth-order valence-corrected chi connectivity index (χ4v) is 2.88. The average Bonchev–Trinajstić information content (AvgIpc) is 3.31. The first kappa shape index (κ1) is 15.2. The highest BCUT2D eigenvalue weighted by molar-refractivity contribution is 5.61. The summed E-state index contributed by atoms with van der Waals surface area (Å²) in [6.45, 7) is 2.26. The van der Waals surface area contributed by atoms with Crippen LogP contribution in [0.15, 0.2) is 30.7 Å². The van der Waals surface area contributed by atoms with Gasteiger partial charge in [-0.05, 0) is 44.4 Å². The molecule has 0 radical (unpaired) electrons. The van der Waals surface area contributed by atoms with Crippen molar-refractivity contribution in [3.05, 3.63) is 36.3 Å². The minimum absolute atomic E-state index is 0.284. The van der Waals surface area contributed by atoms with E-state index in [4.69, 9.17) is 5.11 Å². The van der Waals surface area contributed by atoms with E-state index in [0.29, 0.717) is 6.04 Å². The number of nitrogens with zero attached hydrogens (tertiary/aromatic N) is 4. The van der Waals surface area contributed by atoms with Crippen molar-refractivity contribution in [3.8, 4) is 11.3 Å². The molecule has 22 heavy (non-hydrogen) atoms. The molecule has 1 saturated carbocycles. The third-order valence-electron chi connectivity index (χ3n) is 4.13. The van der Waals surface area contributed by atoms with Gasteiger partial charge in [0.05, 0.1) is 5.69 Å². The Morgan fingerprint density at radius 2 is 2.23 bits per heavy atom. The van der Waals surface area contributed by atoms with E-state index in [1.54, 1.807) is 6.20 Å². The van der Waals surface area contributed by atoms with Crippen LogP contribution in [0.5, 0.6) is 0 Å². The zero-order valence-electron chi connectivity index (χ0n) is 13.1. The Hall–Kier alpha value is -1.72. The maximum absolute atomic E-state index is 8.98. The van der Waals surface area contributed by atoms with Crippen molar-refractivity contribution in [2.75, 3.05) is 13.2 Å². The molecule has 1 aliphatic carbocycles. The van der Waals surface area contributed by atoms with Gasteiger partial charge >= 0.3 is 0 Å². The molecule has 0 unspecified atom stereocenters. The highest BCUT2D eigenvalue weighted by atomic mass is 16.2. The van der Waals surface area contributed by atoms with E-state index in [1.807, 2.05) is 24.0 Å². The van der Waals surface area contributed by atoms with Crippen LogP contribution in [-0.4, -0.2) is 44.0 Å². The third-order valence-corrected chi connectivity index (χ3v) is 4.13. The Morgan fingerprint density at radius 1 is 1.36 bits per heavy atom. The fourth-order valence-electron chi connectivity index (χ4n) is 2.88. The second-order valence-electron chi connectivity index (χ2n) is 6.05. The largest absolute Gasteiger partial charge is 0.396 e. The second-order valence-corrected chi connectivity index (χ2v) is 6.05. The standard InChI is InChI=1S/C17H24N4O/c1-20-12-15(17(19-20)14-5-4-8-18-11-14)13-21(16-6-7-16)9-2-3-10-22/h4-5,8,11-12,16,22H,2-3,6-7,9-10,13H2,1H3. The van der Waals surface area contributed by atoms with Crippen LogP contribution >= 0.6 is 0 Å². The fraction of sp³-hybridized carbons (Fsp3) is 0.529. The van der Waals surface area contributed by atoms with Gasteiger partial charge in [0.2, 0.25) is 0 Å². The van der Waals surface area contributed by atoms with Gasteiger partial charge in [-0.3, -0.25) is 14.6 Å². The lowest BCUT2D eigenvalue weighted by Crippen LogP contribution is -2.27. The summed E-state index contributed by atoms with van der Waals surface area (Å²) < 4.78 is 1.89. The lowest BCUT2D eigenvalue weighted by Gasteiger charge is -2.21. The Kier molecular flexibility index (Phi) is 4.85. The van der Waals surface area contributed by atoms with Crippen molar-refractivity contribution in [1.29, 1.82) is 0 Å². The monoisotopic (exact) mass is 300 g/mol. The predicted molar refractivity (Wildman–Crippen MR) is 86.2 cm³/mol. The Morgan fingerprint density at radius 3 is 2.91 bits per heavy atom. The van der Waals surface area contributed by atoms with Crippen molar-refractivity contribution in [2.45, 2.75) is 38.3 Å². The van der Waals surface area contributed by atoms with Crippen LogP contribution in [0.2, 0.25) is 0 Å². The summed E-state index contributed by atoms with van der Waals surface area (Å²) in [6.07, 6.45) is 10.3. The molecule has 3 rings (SSSR count). The summed E-state index contributed by atoms with van der Waals surface area (Å²) in [5.74, 6) is 0. The first-order chi connectivity index (χ1) is 10.8. The molecule has 0 saturated heterocycles. The topological polar surface area (TPSA) is 54.2 Å². The molecule has 2 aromatic heterocycles. The lowest BCUT2D eigenvalue weighted by atomic mass is 10.1. The summed E-state index contributed by atoms with van der Waals surface area (Å²) in [5, 5.41) is 13.6. The van der Waals surface area contributed by atoms with Gasteiger partial charge in [-0.25, -0.2) is 0 Å². The molecule has 5 nitrogen and oxygen atoms in total. The Balaban J connectivity index is 1.76. The van der Waals surface area contributed by atoms with E-state index in [2.05, 4.69) is 27.2 Å². The number of aromatic nitrogens is 3. The molecule has 0 atom stereocenters. The van der Waals surface area contributed by atoms with Gasteiger partial charge in [-0.1, -0.05) is 0 Å². The van der Waals surface area contributed by atoms with Gasteiger partial charge in [0, 0.05) is 56.0 Å². The van der Waals surface area contributed by atoms with Crippen LogP contribution < -0.4 is 0 Å². The third kappa shape index (κ3) is 3.72.